The summed E-state index contributed by atoms with van der Waals surface area (Å²) in [4.78, 5) is 13.5. The molecule has 4 N–H and O–H groups in total. The smallest absolute Gasteiger partial charge is 0.231 e. The number of nitrogens with two attached hydrogens (primary N) is 2. The van der Waals surface area contributed by atoms with Crippen LogP contribution in [0.4, 0.5) is 0 Å². The van der Waals surface area contributed by atoms with Gasteiger partial charge in [0.05, 0.1) is 6.54 Å². The van der Waals surface area contributed by atoms with Crippen LogP contribution in [-0.4, -0.2) is 36.5 Å². The summed E-state index contributed by atoms with van der Waals surface area (Å²) in [6.07, 6.45) is 4.77. The molecule has 0 spiro atoms. The maximum absolute atomic E-state index is 11.3. The average Bonchev–Trinajstić information content (AvgIpc) is 2.43. The van der Waals surface area contributed by atoms with Gasteiger partial charge in [0.15, 0.2) is 0 Å². The van der Waals surface area contributed by atoms with Crippen molar-refractivity contribution in [2.45, 2.75) is 59.4 Å². The second-order valence-corrected chi connectivity index (χ2v) is 6.94. The van der Waals surface area contributed by atoms with Crippen LogP contribution in [0.3, 0.4) is 0 Å². The van der Waals surface area contributed by atoms with Crippen molar-refractivity contribution >= 4 is 5.91 Å². The summed E-state index contributed by atoms with van der Waals surface area (Å²) >= 11 is 0. The van der Waals surface area contributed by atoms with Gasteiger partial charge in [-0.25, -0.2) is 0 Å². The fourth-order valence-corrected chi connectivity index (χ4v) is 3.59. The van der Waals surface area contributed by atoms with Gasteiger partial charge in [0.1, 0.15) is 0 Å². The highest BCUT2D eigenvalue weighted by Gasteiger charge is 2.38. The third-order valence-corrected chi connectivity index (χ3v) is 5.51. The van der Waals surface area contributed by atoms with Crippen molar-refractivity contribution in [3.63, 3.8) is 0 Å². The molecule has 0 aromatic carbocycles. The zero-order chi connectivity index (χ0) is 15.3. The lowest BCUT2D eigenvalue weighted by atomic mass is 9.65. The Hall–Kier alpha value is -0.610. The SMILES string of the molecule is CCN(CC(N)=O)C1CC(C(C)(C)CC)CCC1CN. The molecular weight excluding hydrogens is 250 g/mol. The number of nitrogens with zero attached hydrogens (tertiary/aromatic N) is 1. The topological polar surface area (TPSA) is 72.3 Å². The first-order valence-corrected chi connectivity index (χ1v) is 8.08. The fraction of sp³-hybridized carbons (Fsp3) is 0.938. The molecule has 1 aliphatic carbocycles. The Labute approximate surface area is 124 Å². The molecular formula is C16H33N3O. The van der Waals surface area contributed by atoms with Gasteiger partial charge in [-0.3, -0.25) is 9.69 Å². The van der Waals surface area contributed by atoms with E-state index in [1.54, 1.807) is 0 Å². The molecule has 0 aromatic rings. The Morgan fingerprint density at radius 3 is 2.40 bits per heavy atom. The quantitative estimate of drug-likeness (QED) is 0.750. The van der Waals surface area contributed by atoms with Crippen molar-refractivity contribution in [3.8, 4) is 0 Å². The predicted octanol–water partition coefficient (Wildman–Crippen LogP) is 1.97. The first-order chi connectivity index (χ1) is 9.35. The summed E-state index contributed by atoms with van der Waals surface area (Å²) in [7, 11) is 0. The second-order valence-electron chi connectivity index (χ2n) is 6.94. The van der Waals surface area contributed by atoms with E-state index < -0.39 is 0 Å². The molecule has 0 aromatic heterocycles. The zero-order valence-corrected chi connectivity index (χ0v) is 13.7. The number of primary amides is 1. The Morgan fingerprint density at radius 1 is 1.30 bits per heavy atom. The van der Waals surface area contributed by atoms with E-state index in [0.717, 1.165) is 13.0 Å². The molecule has 20 heavy (non-hydrogen) atoms. The third-order valence-electron chi connectivity index (χ3n) is 5.51. The Bertz CT molecular complexity index is 317. The van der Waals surface area contributed by atoms with Gasteiger partial charge in [-0.1, -0.05) is 34.1 Å². The predicted molar refractivity (Wildman–Crippen MR) is 84.2 cm³/mol. The molecule has 1 fully saturated rings. The second kappa shape index (κ2) is 7.41. The minimum atomic E-state index is -0.237. The fourth-order valence-electron chi connectivity index (χ4n) is 3.59. The molecule has 1 rings (SSSR count). The molecule has 1 aliphatic rings. The number of amides is 1. The standard InChI is InChI=1S/C16H33N3O/c1-5-16(3,4)13-8-7-12(10-17)14(9-13)19(6-2)11-15(18)20/h12-14H,5-11,17H2,1-4H3,(H2,18,20). The number of rotatable bonds is 7. The molecule has 0 bridgehead atoms. The van der Waals surface area contributed by atoms with Crippen LogP contribution in [0.15, 0.2) is 0 Å². The monoisotopic (exact) mass is 283 g/mol. The normalized spacial score (nSPS) is 27.8. The highest BCUT2D eigenvalue weighted by atomic mass is 16.1. The minimum absolute atomic E-state index is 0.237. The van der Waals surface area contributed by atoms with E-state index in [1.165, 1.54) is 19.3 Å². The van der Waals surface area contributed by atoms with Crippen molar-refractivity contribution in [1.82, 2.24) is 4.90 Å². The molecule has 1 saturated carbocycles. The van der Waals surface area contributed by atoms with Crippen LogP contribution in [0.5, 0.6) is 0 Å². The summed E-state index contributed by atoms with van der Waals surface area (Å²) in [5.41, 5.74) is 11.7. The Morgan fingerprint density at radius 2 is 1.95 bits per heavy atom. The molecule has 0 radical (unpaired) electrons. The summed E-state index contributed by atoms with van der Waals surface area (Å²) in [6.45, 7) is 11.0. The number of carbonyl (C=O) groups is 1. The summed E-state index contributed by atoms with van der Waals surface area (Å²) in [5, 5.41) is 0. The highest BCUT2D eigenvalue weighted by Crippen LogP contribution is 2.43. The van der Waals surface area contributed by atoms with Gasteiger partial charge in [0, 0.05) is 6.04 Å². The number of likely N-dealkylation sites (N-methyl/N-ethyl adjacent to an activating group) is 1. The van der Waals surface area contributed by atoms with E-state index in [9.17, 15) is 4.79 Å². The molecule has 3 unspecified atom stereocenters. The van der Waals surface area contributed by atoms with Crippen LogP contribution in [0.2, 0.25) is 0 Å². The molecule has 0 saturated heterocycles. The van der Waals surface area contributed by atoms with E-state index in [4.69, 9.17) is 11.5 Å². The van der Waals surface area contributed by atoms with E-state index in [2.05, 4.69) is 32.6 Å². The van der Waals surface area contributed by atoms with Gasteiger partial charge >= 0.3 is 0 Å². The lowest BCUT2D eigenvalue weighted by Crippen LogP contribution is -2.51. The van der Waals surface area contributed by atoms with Crippen molar-refractivity contribution in [3.05, 3.63) is 0 Å². The van der Waals surface area contributed by atoms with E-state index in [1.807, 2.05) is 0 Å². The summed E-state index contributed by atoms with van der Waals surface area (Å²) < 4.78 is 0. The number of hydrogen-bond acceptors (Lipinski definition) is 3. The van der Waals surface area contributed by atoms with Gasteiger partial charge in [-0.05, 0) is 49.6 Å². The third kappa shape index (κ3) is 4.19. The van der Waals surface area contributed by atoms with Gasteiger partial charge in [-0.2, -0.15) is 0 Å². The maximum atomic E-state index is 11.3. The zero-order valence-electron chi connectivity index (χ0n) is 13.7. The first-order valence-electron chi connectivity index (χ1n) is 8.08. The van der Waals surface area contributed by atoms with Crippen LogP contribution in [-0.2, 0) is 4.79 Å². The molecule has 0 aliphatic heterocycles. The number of hydrogen-bond donors (Lipinski definition) is 2. The summed E-state index contributed by atoms with van der Waals surface area (Å²) in [5.74, 6) is 0.972. The Kier molecular flexibility index (Phi) is 6.46. The lowest BCUT2D eigenvalue weighted by molar-refractivity contribution is -0.120. The van der Waals surface area contributed by atoms with Gasteiger partial charge in [0.2, 0.25) is 5.91 Å². The maximum Gasteiger partial charge on any atom is 0.231 e. The molecule has 0 heterocycles. The first kappa shape index (κ1) is 17.4. The molecule has 118 valence electrons. The van der Waals surface area contributed by atoms with Crippen LogP contribution in [0.25, 0.3) is 0 Å². The van der Waals surface area contributed by atoms with Crippen LogP contribution in [0.1, 0.15) is 53.4 Å². The van der Waals surface area contributed by atoms with Crippen molar-refractivity contribution in [1.29, 1.82) is 0 Å². The van der Waals surface area contributed by atoms with E-state index in [-0.39, 0.29) is 5.91 Å². The van der Waals surface area contributed by atoms with E-state index >= 15 is 0 Å². The van der Waals surface area contributed by atoms with Crippen LogP contribution in [0, 0.1) is 17.3 Å². The Balaban J connectivity index is 2.84. The van der Waals surface area contributed by atoms with Crippen LogP contribution >= 0.6 is 0 Å². The summed E-state index contributed by atoms with van der Waals surface area (Å²) in [6, 6.07) is 0.405. The van der Waals surface area contributed by atoms with Gasteiger partial charge in [0.25, 0.3) is 0 Å². The molecule has 3 atom stereocenters. The highest BCUT2D eigenvalue weighted by molar-refractivity contribution is 5.75. The van der Waals surface area contributed by atoms with Crippen molar-refractivity contribution in [2.75, 3.05) is 19.6 Å². The van der Waals surface area contributed by atoms with Gasteiger partial charge < -0.3 is 11.5 Å². The van der Waals surface area contributed by atoms with Crippen LogP contribution < -0.4 is 11.5 Å². The number of carbonyl (C=O) groups excluding carboxylic acids is 1. The van der Waals surface area contributed by atoms with Crippen molar-refractivity contribution < 1.29 is 4.79 Å². The lowest BCUT2D eigenvalue weighted by Gasteiger charge is -2.46. The minimum Gasteiger partial charge on any atom is -0.369 e. The van der Waals surface area contributed by atoms with Crippen molar-refractivity contribution in [2.24, 2.45) is 28.7 Å². The average molecular weight is 283 g/mol. The van der Waals surface area contributed by atoms with Gasteiger partial charge in [-0.15, -0.1) is 0 Å². The van der Waals surface area contributed by atoms with E-state index in [0.29, 0.717) is 36.4 Å². The molecule has 1 amide bonds. The molecule has 4 heteroatoms. The largest absolute Gasteiger partial charge is 0.369 e. The molecule has 4 nitrogen and oxygen atoms in total.